The Labute approximate surface area is 115 Å². The van der Waals surface area contributed by atoms with Crippen molar-refractivity contribution in [1.82, 2.24) is 4.90 Å². The third-order valence-corrected chi connectivity index (χ3v) is 3.63. The van der Waals surface area contributed by atoms with Crippen LogP contribution in [-0.4, -0.2) is 35.4 Å². The summed E-state index contributed by atoms with van der Waals surface area (Å²) in [5.41, 5.74) is 7.02. The van der Waals surface area contributed by atoms with E-state index < -0.39 is 24.6 Å². The van der Waals surface area contributed by atoms with Gasteiger partial charge in [0.1, 0.15) is 11.4 Å². The first kappa shape index (κ1) is 13.1. The van der Waals surface area contributed by atoms with Gasteiger partial charge < -0.3 is 15.4 Å². The van der Waals surface area contributed by atoms with E-state index in [1.165, 1.54) is 0 Å². The van der Waals surface area contributed by atoms with Crippen LogP contribution in [0.2, 0.25) is 0 Å². The fraction of sp³-hybridized carbons (Fsp3) is 0.500. The number of benzene rings is 1. The van der Waals surface area contributed by atoms with Gasteiger partial charge in [0.05, 0.1) is 18.8 Å². The summed E-state index contributed by atoms with van der Waals surface area (Å²) in [6.07, 6.45) is 0.540. The van der Waals surface area contributed by atoms with Crippen molar-refractivity contribution in [2.24, 2.45) is 0 Å². The Hall–Kier alpha value is -1.85. The van der Waals surface area contributed by atoms with Gasteiger partial charge in [0.15, 0.2) is 0 Å². The second-order valence-electron chi connectivity index (χ2n) is 6.07. The smallest absolute Gasteiger partial charge is 0.282 e. The monoisotopic (exact) mass is 282 g/mol. The number of carbonyl (C=O) groups is 1. The molecule has 2 aliphatic heterocycles. The molecule has 4 nitrogen and oxygen atoms in total. The van der Waals surface area contributed by atoms with Gasteiger partial charge in [0.25, 0.3) is 11.8 Å². The lowest BCUT2D eigenvalue weighted by molar-refractivity contribution is -0.113. The largest absolute Gasteiger partial charge is 0.485 e. The normalized spacial score (nSPS) is 21.9. The SMILES string of the molecule is CC1(C)Cc2c(C(=O)N3CC(F)(F)C3)ccc(N)c2O1. The minimum atomic E-state index is -2.76. The van der Waals surface area contributed by atoms with Crippen molar-refractivity contribution in [1.29, 1.82) is 0 Å². The number of hydrogen-bond acceptors (Lipinski definition) is 3. The van der Waals surface area contributed by atoms with Crippen LogP contribution in [0.4, 0.5) is 14.5 Å². The predicted octanol–water partition coefficient (Wildman–Crippen LogP) is 2.07. The van der Waals surface area contributed by atoms with E-state index in [2.05, 4.69) is 0 Å². The maximum Gasteiger partial charge on any atom is 0.282 e. The van der Waals surface area contributed by atoms with Crippen molar-refractivity contribution in [3.8, 4) is 5.75 Å². The van der Waals surface area contributed by atoms with Crippen molar-refractivity contribution >= 4 is 11.6 Å². The van der Waals surface area contributed by atoms with Gasteiger partial charge in [-0.2, -0.15) is 0 Å². The fourth-order valence-corrected chi connectivity index (χ4v) is 2.71. The fourth-order valence-electron chi connectivity index (χ4n) is 2.71. The predicted molar refractivity (Wildman–Crippen MR) is 70.1 cm³/mol. The lowest BCUT2D eigenvalue weighted by atomic mass is 9.95. The van der Waals surface area contributed by atoms with E-state index in [1.807, 2.05) is 13.8 Å². The van der Waals surface area contributed by atoms with Gasteiger partial charge in [0, 0.05) is 17.5 Å². The lowest BCUT2D eigenvalue weighted by Gasteiger charge is -2.38. The lowest BCUT2D eigenvalue weighted by Crippen LogP contribution is -2.58. The Morgan fingerprint density at radius 3 is 2.60 bits per heavy atom. The van der Waals surface area contributed by atoms with E-state index in [-0.39, 0.29) is 5.91 Å². The summed E-state index contributed by atoms with van der Waals surface area (Å²) in [6, 6.07) is 3.18. The summed E-state index contributed by atoms with van der Waals surface area (Å²) in [6.45, 7) is 2.77. The molecule has 0 bridgehead atoms. The number of anilines is 1. The van der Waals surface area contributed by atoms with Crippen LogP contribution in [0.3, 0.4) is 0 Å². The van der Waals surface area contributed by atoms with Crippen LogP contribution in [0.1, 0.15) is 29.8 Å². The molecule has 1 fully saturated rings. The topological polar surface area (TPSA) is 55.6 Å². The highest BCUT2D eigenvalue weighted by molar-refractivity contribution is 5.98. The summed E-state index contributed by atoms with van der Waals surface area (Å²) in [5.74, 6) is -2.64. The average Bonchev–Trinajstić information content (AvgIpc) is 2.62. The minimum Gasteiger partial charge on any atom is -0.485 e. The van der Waals surface area contributed by atoms with Crippen LogP contribution < -0.4 is 10.5 Å². The first-order chi connectivity index (χ1) is 9.19. The van der Waals surface area contributed by atoms with Crippen LogP contribution in [0.25, 0.3) is 0 Å². The highest BCUT2D eigenvalue weighted by Gasteiger charge is 2.47. The molecule has 20 heavy (non-hydrogen) atoms. The number of ether oxygens (including phenoxy) is 1. The molecule has 6 heteroatoms. The number of rotatable bonds is 1. The first-order valence-corrected chi connectivity index (χ1v) is 6.46. The molecule has 3 rings (SSSR count). The van der Waals surface area contributed by atoms with Gasteiger partial charge in [-0.25, -0.2) is 8.78 Å². The molecule has 0 atom stereocenters. The molecule has 0 radical (unpaired) electrons. The van der Waals surface area contributed by atoms with Crippen LogP contribution in [0.5, 0.6) is 5.75 Å². The molecular formula is C14H16F2N2O2. The third kappa shape index (κ3) is 1.99. The number of nitrogens with two attached hydrogens (primary N) is 1. The van der Waals surface area contributed by atoms with Gasteiger partial charge in [-0.05, 0) is 26.0 Å². The Kier molecular flexibility index (Phi) is 2.52. The quantitative estimate of drug-likeness (QED) is 0.802. The van der Waals surface area contributed by atoms with E-state index in [9.17, 15) is 13.6 Å². The van der Waals surface area contributed by atoms with E-state index in [0.29, 0.717) is 23.4 Å². The second-order valence-corrected chi connectivity index (χ2v) is 6.07. The number of amides is 1. The molecule has 2 heterocycles. The summed E-state index contributed by atoms with van der Waals surface area (Å²) in [4.78, 5) is 13.4. The average molecular weight is 282 g/mol. The van der Waals surface area contributed by atoms with Gasteiger partial charge in [0.2, 0.25) is 0 Å². The number of nitrogens with zero attached hydrogens (tertiary/aromatic N) is 1. The van der Waals surface area contributed by atoms with Crippen molar-refractivity contribution in [2.75, 3.05) is 18.8 Å². The van der Waals surface area contributed by atoms with E-state index in [1.54, 1.807) is 12.1 Å². The highest BCUT2D eigenvalue weighted by atomic mass is 19.3. The third-order valence-electron chi connectivity index (χ3n) is 3.63. The van der Waals surface area contributed by atoms with Gasteiger partial charge >= 0.3 is 0 Å². The molecule has 1 amide bonds. The van der Waals surface area contributed by atoms with Crippen molar-refractivity contribution < 1.29 is 18.3 Å². The Bertz CT molecular complexity index is 591. The molecule has 0 spiro atoms. The Morgan fingerprint density at radius 1 is 1.35 bits per heavy atom. The molecular weight excluding hydrogens is 266 g/mol. The van der Waals surface area contributed by atoms with Crippen LogP contribution in [0.15, 0.2) is 12.1 Å². The van der Waals surface area contributed by atoms with Crippen LogP contribution in [0, 0.1) is 0 Å². The minimum absolute atomic E-state index is 0.381. The maximum absolute atomic E-state index is 12.9. The second kappa shape index (κ2) is 3.84. The first-order valence-electron chi connectivity index (χ1n) is 6.46. The zero-order chi connectivity index (χ0) is 14.7. The molecule has 2 aliphatic rings. The highest BCUT2D eigenvalue weighted by Crippen LogP contribution is 2.42. The van der Waals surface area contributed by atoms with Crippen LogP contribution >= 0.6 is 0 Å². The molecule has 0 saturated carbocycles. The number of carbonyl (C=O) groups excluding carboxylic acids is 1. The van der Waals surface area contributed by atoms with Crippen LogP contribution in [-0.2, 0) is 6.42 Å². The maximum atomic E-state index is 12.9. The summed E-state index contributed by atoms with van der Waals surface area (Å²) in [7, 11) is 0. The Morgan fingerprint density at radius 2 is 2.00 bits per heavy atom. The van der Waals surface area contributed by atoms with E-state index in [4.69, 9.17) is 10.5 Å². The molecule has 2 N–H and O–H groups in total. The van der Waals surface area contributed by atoms with Crippen molar-refractivity contribution in [3.05, 3.63) is 23.3 Å². The van der Waals surface area contributed by atoms with Gasteiger partial charge in [-0.1, -0.05) is 0 Å². The summed E-state index contributed by atoms with van der Waals surface area (Å²) < 4.78 is 31.5. The standard InChI is InChI=1S/C14H16F2N2O2/c1-13(2)5-9-8(3-4-10(17)11(9)20-13)12(19)18-6-14(15,16)7-18/h3-4H,5-7,17H2,1-2H3. The van der Waals surface area contributed by atoms with Crippen molar-refractivity contribution in [3.63, 3.8) is 0 Å². The number of nitrogen functional groups attached to an aromatic ring is 1. The van der Waals surface area contributed by atoms with Gasteiger partial charge in [-0.3, -0.25) is 4.79 Å². The number of likely N-dealkylation sites (tertiary alicyclic amines) is 1. The number of hydrogen-bond donors (Lipinski definition) is 1. The zero-order valence-corrected chi connectivity index (χ0v) is 11.4. The molecule has 1 aromatic carbocycles. The summed E-state index contributed by atoms with van der Waals surface area (Å²) in [5, 5.41) is 0. The molecule has 108 valence electrons. The number of halogens is 2. The molecule has 0 aromatic heterocycles. The van der Waals surface area contributed by atoms with Crippen molar-refractivity contribution in [2.45, 2.75) is 31.8 Å². The molecule has 1 aromatic rings. The zero-order valence-electron chi connectivity index (χ0n) is 11.4. The van der Waals surface area contributed by atoms with E-state index >= 15 is 0 Å². The summed E-state index contributed by atoms with van der Waals surface area (Å²) >= 11 is 0. The molecule has 1 saturated heterocycles. The molecule has 0 aliphatic carbocycles. The van der Waals surface area contributed by atoms with E-state index in [0.717, 1.165) is 10.5 Å². The van der Waals surface area contributed by atoms with Gasteiger partial charge in [-0.15, -0.1) is 0 Å². The number of fused-ring (bicyclic) bond motifs is 1. The number of alkyl halides is 2. The molecule has 0 unspecified atom stereocenters. The Balaban J connectivity index is 1.93.